The molecule has 0 aliphatic rings. The zero-order valence-electron chi connectivity index (χ0n) is 10.9. The van der Waals surface area contributed by atoms with Crippen molar-refractivity contribution in [2.45, 2.75) is 25.6 Å². The Morgan fingerprint density at radius 2 is 1.89 bits per heavy atom. The number of aliphatic hydroxyl groups excluding tert-OH is 1. The lowest BCUT2D eigenvalue weighted by Gasteiger charge is -2.17. The molecule has 0 spiro atoms. The van der Waals surface area contributed by atoms with Crippen molar-refractivity contribution in [3.05, 3.63) is 29.8 Å². The molecule has 0 saturated carbocycles. The average Bonchev–Trinajstić information content (AvgIpc) is 2.28. The molecule has 5 heteroatoms. The van der Waals surface area contributed by atoms with Gasteiger partial charge in [0.1, 0.15) is 6.04 Å². The van der Waals surface area contributed by atoms with E-state index in [1.54, 1.807) is 0 Å². The fourth-order valence-electron chi connectivity index (χ4n) is 1.60. The van der Waals surface area contributed by atoms with Crippen LogP contribution in [0.4, 0.5) is 5.69 Å². The molecule has 3 N–H and O–H groups in total. The molecule has 5 nitrogen and oxygen atoms in total. The molecular formula is C13H20N2O3. The zero-order valence-corrected chi connectivity index (χ0v) is 10.9. The number of anilines is 1. The number of aliphatic hydroxyl groups is 1. The lowest BCUT2D eigenvalue weighted by molar-refractivity contribution is -0.142. The van der Waals surface area contributed by atoms with E-state index in [0.717, 1.165) is 11.3 Å². The first-order chi connectivity index (χ1) is 8.41. The lowest BCUT2D eigenvalue weighted by Crippen LogP contribution is -2.44. The topological polar surface area (TPSA) is 72.8 Å². The maximum absolute atomic E-state index is 10.9. The number of hydrogen-bond acceptors (Lipinski definition) is 4. The molecule has 2 unspecified atom stereocenters. The smallest absolute Gasteiger partial charge is 0.323 e. The predicted octanol–water partition coefficient (Wildman–Crippen LogP) is 0.676. The minimum Gasteiger partial charge on any atom is -0.480 e. The van der Waals surface area contributed by atoms with Crippen LogP contribution in [0.2, 0.25) is 0 Å². The zero-order chi connectivity index (χ0) is 13.7. The van der Waals surface area contributed by atoms with Gasteiger partial charge in [0.05, 0.1) is 6.10 Å². The minimum atomic E-state index is -1.05. The molecule has 0 bridgehead atoms. The van der Waals surface area contributed by atoms with Crippen molar-refractivity contribution in [3.63, 3.8) is 0 Å². The van der Waals surface area contributed by atoms with E-state index in [9.17, 15) is 9.90 Å². The van der Waals surface area contributed by atoms with E-state index in [4.69, 9.17) is 5.11 Å². The highest BCUT2D eigenvalue weighted by molar-refractivity contribution is 5.74. The molecule has 1 aromatic carbocycles. The molecule has 0 aliphatic heterocycles. The monoisotopic (exact) mass is 252 g/mol. The Labute approximate surface area is 107 Å². The molecule has 0 aliphatic carbocycles. The second kappa shape index (κ2) is 6.37. The average molecular weight is 252 g/mol. The Kier molecular flexibility index (Phi) is 5.12. The van der Waals surface area contributed by atoms with Crippen LogP contribution in [0.3, 0.4) is 0 Å². The van der Waals surface area contributed by atoms with Gasteiger partial charge in [-0.25, -0.2) is 0 Å². The highest BCUT2D eigenvalue weighted by Crippen LogP contribution is 2.12. The molecule has 18 heavy (non-hydrogen) atoms. The summed E-state index contributed by atoms with van der Waals surface area (Å²) < 4.78 is 0. The van der Waals surface area contributed by atoms with Gasteiger partial charge >= 0.3 is 5.97 Å². The van der Waals surface area contributed by atoms with Gasteiger partial charge in [0.15, 0.2) is 0 Å². The molecule has 0 heterocycles. The summed E-state index contributed by atoms with van der Waals surface area (Å²) in [5, 5.41) is 21.1. The van der Waals surface area contributed by atoms with E-state index in [1.807, 2.05) is 43.3 Å². The van der Waals surface area contributed by atoms with Gasteiger partial charge in [0, 0.05) is 26.3 Å². The van der Waals surface area contributed by atoms with E-state index in [-0.39, 0.29) is 0 Å². The Hall–Kier alpha value is -1.59. The van der Waals surface area contributed by atoms with E-state index in [0.29, 0.717) is 6.54 Å². The largest absolute Gasteiger partial charge is 0.480 e. The molecule has 1 aromatic rings. The van der Waals surface area contributed by atoms with Crippen LogP contribution in [0.15, 0.2) is 24.3 Å². The van der Waals surface area contributed by atoms with E-state index in [1.165, 1.54) is 6.92 Å². The van der Waals surface area contributed by atoms with Gasteiger partial charge in [-0.3, -0.25) is 10.1 Å². The van der Waals surface area contributed by atoms with Gasteiger partial charge in [0.2, 0.25) is 0 Å². The Morgan fingerprint density at radius 1 is 1.33 bits per heavy atom. The molecule has 0 radical (unpaired) electrons. The quantitative estimate of drug-likeness (QED) is 0.694. The fourth-order valence-corrected chi connectivity index (χ4v) is 1.60. The SMILES string of the molecule is CC(O)C(NCc1ccc(N(C)C)cc1)C(=O)O. The van der Waals surface area contributed by atoms with Crippen LogP contribution in [0.5, 0.6) is 0 Å². The standard InChI is InChI=1S/C13H20N2O3/c1-9(16)12(13(17)18)14-8-10-4-6-11(7-5-10)15(2)3/h4-7,9,12,14,16H,8H2,1-3H3,(H,17,18). The van der Waals surface area contributed by atoms with Crippen molar-refractivity contribution < 1.29 is 15.0 Å². The summed E-state index contributed by atoms with van der Waals surface area (Å²) in [4.78, 5) is 12.9. The molecule has 0 fully saturated rings. The minimum absolute atomic E-state index is 0.412. The third-order valence-electron chi connectivity index (χ3n) is 2.73. The number of hydrogen-bond donors (Lipinski definition) is 3. The summed E-state index contributed by atoms with van der Waals surface area (Å²) in [6.45, 7) is 1.87. The number of aliphatic carboxylic acids is 1. The number of carboxylic acid groups (broad SMARTS) is 1. The van der Waals surface area contributed by atoms with Crippen LogP contribution in [0, 0.1) is 0 Å². The van der Waals surface area contributed by atoms with E-state index >= 15 is 0 Å². The Balaban J connectivity index is 2.60. The number of nitrogens with zero attached hydrogens (tertiary/aromatic N) is 1. The maximum atomic E-state index is 10.9. The number of rotatable bonds is 6. The predicted molar refractivity (Wildman–Crippen MR) is 70.7 cm³/mol. The Bertz CT molecular complexity index is 388. The van der Waals surface area contributed by atoms with Gasteiger partial charge < -0.3 is 15.1 Å². The highest BCUT2D eigenvalue weighted by Gasteiger charge is 2.21. The summed E-state index contributed by atoms with van der Waals surface area (Å²) >= 11 is 0. The lowest BCUT2D eigenvalue weighted by atomic mass is 10.1. The summed E-state index contributed by atoms with van der Waals surface area (Å²) in [6.07, 6.45) is -0.927. The van der Waals surface area contributed by atoms with Crippen molar-refractivity contribution in [2.24, 2.45) is 0 Å². The summed E-state index contributed by atoms with van der Waals surface area (Å²) in [6, 6.07) is 6.86. The summed E-state index contributed by atoms with van der Waals surface area (Å²) in [5.41, 5.74) is 2.07. The number of nitrogens with one attached hydrogen (secondary N) is 1. The van der Waals surface area contributed by atoms with Gasteiger partial charge in [-0.1, -0.05) is 12.1 Å². The van der Waals surface area contributed by atoms with Crippen LogP contribution in [0.25, 0.3) is 0 Å². The summed E-state index contributed by atoms with van der Waals surface area (Å²) in [7, 11) is 3.92. The molecule has 0 aromatic heterocycles. The molecule has 0 amide bonds. The highest BCUT2D eigenvalue weighted by atomic mass is 16.4. The maximum Gasteiger partial charge on any atom is 0.323 e. The second-order valence-electron chi connectivity index (χ2n) is 4.50. The first-order valence-electron chi connectivity index (χ1n) is 5.82. The van der Waals surface area contributed by atoms with Crippen LogP contribution in [-0.2, 0) is 11.3 Å². The van der Waals surface area contributed by atoms with E-state index in [2.05, 4.69) is 5.32 Å². The van der Waals surface area contributed by atoms with Crippen molar-refractivity contribution in [1.29, 1.82) is 0 Å². The van der Waals surface area contributed by atoms with E-state index < -0.39 is 18.1 Å². The van der Waals surface area contributed by atoms with Crippen LogP contribution < -0.4 is 10.2 Å². The first kappa shape index (κ1) is 14.5. The number of carboxylic acids is 1. The van der Waals surface area contributed by atoms with Crippen molar-refractivity contribution in [3.8, 4) is 0 Å². The van der Waals surface area contributed by atoms with Crippen LogP contribution >= 0.6 is 0 Å². The molecule has 2 atom stereocenters. The van der Waals surface area contributed by atoms with Crippen molar-refractivity contribution in [2.75, 3.05) is 19.0 Å². The van der Waals surface area contributed by atoms with Crippen LogP contribution in [-0.4, -0.2) is 42.4 Å². The number of benzene rings is 1. The number of carbonyl (C=O) groups is 1. The summed E-state index contributed by atoms with van der Waals surface area (Å²) in [5.74, 6) is -1.05. The van der Waals surface area contributed by atoms with Crippen molar-refractivity contribution >= 4 is 11.7 Å². The van der Waals surface area contributed by atoms with Crippen molar-refractivity contribution in [1.82, 2.24) is 5.32 Å². The molecular weight excluding hydrogens is 232 g/mol. The molecule has 1 rings (SSSR count). The van der Waals surface area contributed by atoms with Gasteiger partial charge in [-0.05, 0) is 24.6 Å². The van der Waals surface area contributed by atoms with Gasteiger partial charge in [-0.15, -0.1) is 0 Å². The van der Waals surface area contributed by atoms with Gasteiger partial charge in [0.25, 0.3) is 0 Å². The molecule has 0 saturated heterocycles. The third kappa shape index (κ3) is 4.01. The normalized spacial score (nSPS) is 14.0. The first-order valence-corrected chi connectivity index (χ1v) is 5.82. The molecule has 100 valence electrons. The Morgan fingerprint density at radius 3 is 2.28 bits per heavy atom. The van der Waals surface area contributed by atoms with Gasteiger partial charge in [-0.2, -0.15) is 0 Å². The third-order valence-corrected chi connectivity index (χ3v) is 2.73. The fraction of sp³-hybridized carbons (Fsp3) is 0.462. The van der Waals surface area contributed by atoms with Crippen LogP contribution in [0.1, 0.15) is 12.5 Å². The second-order valence-corrected chi connectivity index (χ2v) is 4.50.